The van der Waals surface area contributed by atoms with E-state index in [1.807, 2.05) is 0 Å². The fourth-order valence-electron chi connectivity index (χ4n) is 0.379. The van der Waals surface area contributed by atoms with E-state index in [1.54, 1.807) is 0 Å². The monoisotopic (exact) mass is 149 g/mol. The highest BCUT2D eigenvalue weighted by atomic mass is 32.1. The van der Waals surface area contributed by atoms with Gasteiger partial charge < -0.3 is 0 Å². The second-order valence-electron chi connectivity index (χ2n) is 1.99. The Morgan fingerprint density at radius 1 is 1.75 bits per heavy atom. The van der Waals surface area contributed by atoms with E-state index in [1.165, 1.54) is 6.16 Å². The molecule has 0 N–H and O–H groups in total. The van der Waals surface area contributed by atoms with Gasteiger partial charge in [0.25, 0.3) is 0 Å². The van der Waals surface area contributed by atoms with Crippen LogP contribution in [0.2, 0.25) is 0 Å². The van der Waals surface area contributed by atoms with Gasteiger partial charge in [-0.25, -0.2) is 0 Å². The van der Waals surface area contributed by atoms with E-state index in [0.29, 0.717) is 0 Å². The number of hydrogen-bond acceptors (Lipinski definition) is 0. The molecule has 0 radical (unpaired) electrons. The Bertz CT molecular complexity index is 74.6. The molecule has 0 spiro atoms. The molecule has 0 nitrogen and oxygen atoms in total. The summed E-state index contributed by atoms with van der Waals surface area (Å²) in [6.07, 6.45) is 1.32. The minimum absolute atomic E-state index is 0.620. The molecule has 0 saturated carbocycles. The normalized spacial score (nSPS) is 18.9. The maximum absolute atomic E-state index is 3.83. The van der Waals surface area contributed by atoms with Crippen molar-refractivity contribution in [1.29, 1.82) is 0 Å². The fraction of sp³-hybridized carbons (Fsp3) is 0.667. The van der Waals surface area contributed by atoms with Crippen molar-refractivity contribution in [3.63, 3.8) is 0 Å². The fourth-order valence-corrected chi connectivity index (χ4v) is 2.63. The van der Waals surface area contributed by atoms with Crippen LogP contribution in [0.15, 0.2) is 12.4 Å². The van der Waals surface area contributed by atoms with E-state index >= 15 is 0 Å². The molecule has 0 aromatic heterocycles. The molecule has 2 heteroatoms. The van der Waals surface area contributed by atoms with Crippen LogP contribution in [0.25, 0.3) is 0 Å². The lowest BCUT2D eigenvalue weighted by atomic mass is 11.0. The molecular formula is C6H15P2+. The first-order chi connectivity index (χ1) is 3.68. The second kappa shape index (κ2) is 3.59. The van der Waals surface area contributed by atoms with Crippen molar-refractivity contribution in [1.82, 2.24) is 0 Å². The van der Waals surface area contributed by atoms with Crippen LogP contribution >= 0.6 is 15.2 Å². The third kappa shape index (κ3) is 2.25. The van der Waals surface area contributed by atoms with Gasteiger partial charge in [-0.3, -0.25) is 0 Å². The molecule has 0 fully saturated rings. The van der Waals surface area contributed by atoms with Crippen LogP contribution in [0.1, 0.15) is 6.92 Å². The third-order valence-electron chi connectivity index (χ3n) is 1.57. The van der Waals surface area contributed by atoms with Gasteiger partial charge in [0.15, 0.2) is 0 Å². The maximum Gasteiger partial charge on any atom is 0.0624 e. The minimum Gasteiger partial charge on any atom is -0.0638 e. The van der Waals surface area contributed by atoms with E-state index in [9.17, 15) is 0 Å². The highest BCUT2D eigenvalue weighted by Gasteiger charge is 2.21. The molecule has 0 aromatic carbocycles. The van der Waals surface area contributed by atoms with Crippen molar-refractivity contribution in [2.75, 3.05) is 19.5 Å². The molecule has 0 amide bonds. The van der Waals surface area contributed by atoms with Crippen molar-refractivity contribution in [2.24, 2.45) is 0 Å². The zero-order chi connectivity index (χ0) is 6.62. The SMILES string of the molecule is C=C[P+](C)(CC)PC. The lowest BCUT2D eigenvalue weighted by Crippen LogP contribution is -1.79. The summed E-state index contributed by atoms with van der Waals surface area (Å²) in [5.74, 6) is 2.17. The highest BCUT2D eigenvalue weighted by Crippen LogP contribution is 2.70. The van der Waals surface area contributed by atoms with Gasteiger partial charge in [-0.15, -0.1) is 0 Å². The first-order valence-electron chi connectivity index (χ1n) is 2.86. The molecule has 0 aliphatic carbocycles. The molecule has 48 valence electrons. The summed E-state index contributed by atoms with van der Waals surface area (Å²) >= 11 is 0. The molecule has 8 heavy (non-hydrogen) atoms. The summed E-state index contributed by atoms with van der Waals surface area (Å²) in [4.78, 5) is 0. The predicted octanol–water partition coefficient (Wildman–Crippen LogP) is 3.02. The molecule has 0 aliphatic heterocycles. The van der Waals surface area contributed by atoms with E-state index in [4.69, 9.17) is 0 Å². The lowest BCUT2D eigenvalue weighted by molar-refractivity contribution is 1.50. The Balaban J connectivity index is 3.76. The summed E-state index contributed by atoms with van der Waals surface area (Å²) in [6, 6.07) is 0. The van der Waals surface area contributed by atoms with Crippen LogP contribution in [0.3, 0.4) is 0 Å². The summed E-state index contributed by atoms with van der Waals surface area (Å²) in [6.45, 7) is 10.1. The van der Waals surface area contributed by atoms with Crippen molar-refractivity contribution in [2.45, 2.75) is 6.92 Å². The minimum atomic E-state index is -0.620. The average Bonchev–Trinajstić information content (AvgIpc) is 1.87. The van der Waals surface area contributed by atoms with Gasteiger partial charge in [-0.05, 0) is 13.6 Å². The van der Waals surface area contributed by atoms with Crippen molar-refractivity contribution in [3.8, 4) is 0 Å². The van der Waals surface area contributed by atoms with Crippen molar-refractivity contribution < 1.29 is 0 Å². The van der Waals surface area contributed by atoms with Gasteiger partial charge >= 0.3 is 0 Å². The molecule has 0 aliphatic rings. The number of rotatable bonds is 3. The van der Waals surface area contributed by atoms with Crippen LogP contribution < -0.4 is 0 Å². The van der Waals surface area contributed by atoms with Gasteiger partial charge in [0, 0.05) is 8.27 Å². The number of hydrogen-bond donors (Lipinski definition) is 0. The molecule has 0 rings (SSSR count). The van der Waals surface area contributed by atoms with Gasteiger partial charge in [-0.2, -0.15) is 0 Å². The molecule has 0 saturated heterocycles. The molecule has 2 unspecified atom stereocenters. The Hall–Kier alpha value is 0.600. The van der Waals surface area contributed by atoms with Gasteiger partial charge in [0.1, 0.15) is 0 Å². The van der Waals surface area contributed by atoms with Crippen LogP contribution in [-0.2, 0) is 0 Å². The molecular weight excluding hydrogens is 134 g/mol. The molecule has 0 heterocycles. The molecule has 0 bridgehead atoms. The zero-order valence-corrected chi connectivity index (χ0v) is 7.83. The predicted molar refractivity (Wildman–Crippen MR) is 47.8 cm³/mol. The Morgan fingerprint density at radius 2 is 2.25 bits per heavy atom. The molecule has 0 aromatic rings. The standard InChI is InChI=1S/C6H15P2/c1-5-8(4,6-2)7-3/h5,7H,1,6H2,2-4H3/q+1. The Labute approximate surface area is 54.8 Å². The maximum atomic E-state index is 3.83. The first-order valence-corrected chi connectivity index (χ1v) is 7.69. The van der Waals surface area contributed by atoms with Gasteiger partial charge in [0.05, 0.1) is 25.6 Å². The van der Waals surface area contributed by atoms with Crippen LogP contribution in [0, 0.1) is 0 Å². The van der Waals surface area contributed by atoms with Crippen LogP contribution in [0.5, 0.6) is 0 Å². The topological polar surface area (TPSA) is 0 Å². The summed E-state index contributed by atoms with van der Waals surface area (Å²) in [5, 5.41) is 0. The third-order valence-corrected chi connectivity index (χ3v) is 9.27. The van der Waals surface area contributed by atoms with E-state index in [0.717, 1.165) is 8.27 Å². The van der Waals surface area contributed by atoms with E-state index in [2.05, 4.69) is 32.6 Å². The van der Waals surface area contributed by atoms with Crippen LogP contribution in [0.4, 0.5) is 0 Å². The van der Waals surface area contributed by atoms with Crippen molar-refractivity contribution >= 4 is 15.2 Å². The summed E-state index contributed by atoms with van der Waals surface area (Å²) in [5.41, 5.74) is 0. The first kappa shape index (κ1) is 8.60. The quantitative estimate of drug-likeness (QED) is 0.541. The molecule has 2 atom stereocenters. The van der Waals surface area contributed by atoms with Gasteiger partial charge in [-0.1, -0.05) is 6.58 Å². The van der Waals surface area contributed by atoms with Crippen molar-refractivity contribution in [3.05, 3.63) is 12.4 Å². The highest BCUT2D eigenvalue weighted by molar-refractivity contribution is 8.32. The average molecular weight is 149 g/mol. The summed E-state index contributed by atoms with van der Waals surface area (Å²) < 4.78 is 0. The largest absolute Gasteiger partial charge is 0.0638 e. The zero-order valence-electron chi connectivity index (χ0n) is 5.94. The second-order valence-corrected chi connectivity index (χ2v) is 10.4. The van der Waals surface area contributed by atoms with Crippen LogP contribution in [-0.4, -0.2) is 19.5 Å². The van der Waals surface area contributed by atoms with Gasteiger partial charge in [0.2, 0.25) is 0 Å². The van der Waals surface area contributed by atoms with E-state index in [-0.39, 0.29) is 0 Å². The smallest absolute Gasteiger partial charge is 0.0624 e. The summed E-state index contributed by atoms with van der Waals surface area (Å²) in [7, 11) is 1.09. The Morgan fingerprint density at radius 3 is 2.25 bits per heavy atom. The van der Waals surface area contributed by atoms with E-state index < -0.39 is 6.95 Å². The lowest BCUT2D eigenvalue weighted by Gasteiger charge is -2.11. The Kier molecular flexibility index (Phi) is 3.86.